The third-order valence-electron chi connectivity index (χ3n) is 5.19. The van der Waals surface area contributed by atoms with E-state index >= 15 is 0 Å². The van der Waals surface area contributed by atoms with Crippen LogP contribution in [0.5, 0.6) is 0 Å². The number of aliphatic hydroxyl groups is 1. The normalized spacial score (nSPS) is 18.5. The summed E-state index contributed by atoms with van der Waals surface area (Å²) in [6.07, 6.45) is 1.47. The second kappa shape index (κ2) is 6.81. The molecule has 1 aliphatic rings. The van der Waals surface area contributed by atoms with E-state index in [1.54, 1.807) is 0 Å². The van der Waals surface area contributed by atoms with E-state index in [-0.39, 0.29) is 12.6 Å². The summed E-state index contributed by atoms with van der Waals surface area (Å²) < 4.78 is 0. The minimum atomic E-state index is -0.979. The highest BCUT2D eigenvalue weighted by Crippen LogP contribution is 2.36. The molecule has 0 radical (unpaired) electrons. The third-order valence-corrected chi connectivity index (χ3v) is 5.19. The van der Waals surface area contributed by atoms with E-state index in [0.29, 0.717) is 13.0 Å². The van der Waals surface area contributed by atoms with Gasteiger partial charge in [0.1, 0.15) is 5.60 Å². The first-order valence-corrected chi connectivity index (χ1v) is 8.95. The summed E-state index contributed by atoms with van der Waals surface area (Å²) in [4.78, 5) is 12.2. The van der Waals surface area contributed by atoms with Gasteiger partial charge in [-0.25, -0.2) is 4.79 Å². The SMILES string of the molecule is O=C(NCc1cccc2ccccc12)NCC1(O)CCc2ccccc21. The number of fused-ring (bicyclic) bond motifs is 2. The van der Waals surface area contributed by atoms with Gasteiger partial charge in [-0.2, -0.15) is 0 Å². The molecule has 4 nitrogen and oxygen atoms in total. The van der Waals surface area contributed by atoms with Crippen molar-refractivity contribution < 1.29 is 9.90 Å². The van der Waals surface area contributed by atoms with Crippen LogP contribution in [0.25, 0.3) is 10.8 Å². The highest BCUT2D eigenvalue weighted by atomic mass is 16.3. The topological polar surface area (TPSA) is 61.4 Å². The zero-order valence-corrected chi connectivity index (χ0v) is 14.5. The maximum absolute atomic E-state index is 12.2. The van der Waals surface area contributed by atoms with Gasteiger partial charge in [-0.3, -0.25) is 0 Å². The number of carbonyl (C=O) groups is 1. The molecule has 3 aromatic carbocycles. The fourth-order valence-electron chi connectivity index (χ4n) is 3.76. The Balaban J connectivity index is 1.38. The van der Waals surface area contributed by atoms with Crippen LogP contribution in [0, 0.1) is 0 Å². The van der Waals surface area contributed by atoms with Crippen molar-refractivity contribution in [2.75, 3.05) is 6.54 Å². The molecular weight excluding hydrogens is 324 g/mol. The van der Waals surface area contributed by atoms with Crippen molar-refractivity contribution >= 4 is 16.8 Å². The van der Waals surface area contributed by atoms with Gasteiger partial charge in [-0.15, -0.1) is 0 Å². The Hall–Kier alpha value is -2.85. The van der Waals surface area contributed by atoms with E-state index in [1.165, 1.54) is 0 Å². The standard InChI is InChI=1S/C22H22N2O2/c25-21(23-14-18-9-5-8-16-6-1-3-10-19(16)18)24-15-22(26)13-12-17-7-2-4-11-20(17)22/h1-11,26H,12-15H2,(H2,23,24,25). The molecule has 0 spiro atoms. The Morgan fingerprint density at radius 1 is 0.962 bits per heavy atom. The van der Waals surface area contributed by atoms with Crippen molar-refractivity contribution in [3.63, 3.8) is 0 Å². The fraction of sp³-hybridized carbons (Fsp3) is 0.227. The number of benzene rings is 3. The summed E-state index contributed by atoms with van der Waals surface area (Å²) in [6, 6.07) is 21.8. The minimum absolute atomic E-state index is 0.214. The highest BCUT2D eigenvalue weighted by molar-refractivity contribution is 5.86. The Kier molecular flexibility index (Phi) is 4.35. The summed E-state index contributed by atoms with van der Waals surface area (Å²) in [7, 11) is 0. The molecule has 0 saturated heterocycles. The second-order valence-corrected chi connectivity index (χ2v) is 6.86. The number of amides is 2. The first-order chi connectivity index (χ1) is 12.7. The van der Waals surface area contributed by atoms with Gasteiger partial charge in [-0.1, -0.05) is 66.7 Å². The number of urea groups is 1. The van der Waals surface area contributed by atoms with Crippen LogP contribution in [0.4, 0.5) is 4.79 Å². The van der Waals surface area contributed by atoms with Gasteiger partial charge in [0.15, 0.2) is 0 Å². The average molecular weight is 346 g/mol. The number of hydrogen-bond acceptors (Lipinski definition) is 2. The molecule has 0 aromatic heterocycles. The van der Waals surface area contributed by atoms with Crippen LogP contribution in [-0.4, -0.2) is 17.7 Å². The van der Waals surface area contributed by atoms with Crippen molar-refractivity contribution in [1.82, 2.24) is 10.6 Å². The van der Waals surface area contributed by atoms with E-state index in [0.717, 1.165) is 33.9 Å². The molecule has 0 aliphatic heterocycles. The smallest absolute Gasteiger partial charge is 0.315 e. The van der Waals surface area contributed by atoms with E-state index in [2.05, 4.69) is 28.8 Å². The predicted molar refractivity (Wildman–Crippen MR) is 103 cm³/mol. The average Bonchev–Trinajstić information content (AvgIpc) is 3.02. The Morgan fingerprint density at radius 2 is 1.73 bits per heavy atom. The zero-order chi connectivity index (χ0) is 18.0. The molecule has 132 valence electrons. The van der Waals surface area contributed by atoms with E-state index in [9.17, 15) is 9.90 Å². The van der Waals surface area contributed by atoms with Crippen LogP contribution in [0.1, 0.15) is 23.1 Å². The lowest BCUT2D eigenvalue weighted by molar-refractivity contribution is 0.0412. The van der Waals surface area contributed by atoms with Crippen LogP contribution >= 0.6 is 0 Å². The van der Waals surface area contributed by atoms with E-state index in [4.69, 9.17) is 0 Å². The number of carbonyl (C=O) groups excluding carboxylic acids is 1. The Morgan fingerprint density at radius 3 is 2.65 bits per heavy atom. The number of nitrogens with one attached hydrogen (secondary N) is 2. The lowest BCUT2D eigenvalue weighted by atomic mass is 9.96. The molecule has 0 heterocycles. The zero-order valence-electron chi connectivity index (χ0n) is 14.5. The molecule has 3 aromatic rings. The van der Waals surface area contributed by atoms with E-state index < -0.39 is 5.60 Å². The summed E-state index contributed by atoms with van der Waals surface area (Å²) in [5.41, 5.74) is 2.18. The van der Waals surface area contributed by atoms with Crippen molar-refractivity contribution in [1.29, 1.82) is 0 Å². The van der Waals surface area contributed by atoms with Gasteiger partial charge < -0.3 is 15.7 Å². The molecule has 1 unspecified atom stereocenters. The lowest BCUT2D eigenvalue weighted by Crippen LogP contribution is -2.43. The summed E-state index contributed by atoms with van der Waals surface area (Å²) >= 11 is 0. The van der Waals surface area contributed by atoms with Crippen LogP contribution < -0.4 is 10.6 Å². The van der Waals surface area contributed by atoms with Gasteiger partial charge in [0.2, 0.25) is 0 Å². The number of hydrogen-bond donors (Lipinski definition) is 3. The minimum Gasteiger partial charge on any atom is -0.383 e. The maximum atomic E-state index is 12.2. The number of rotatable bonds is 4. The molecule has 1 aliphatic carbocycles. The Labute approximate surface area is 152 Å². The van der Waals surface area contributed by atoms with Crippen molar-refractivity contribution in [3.8, 4) is 0 Å². The van der Waals surface area contributed by atoms with Gasteiger partial charge in [0, 0.05) is 6.54 Å². The molecule has 2 amide bonds. The lowest BCUT2D eigenvalue weighted by Gasteiger charge is -2.24. The number of aryl methyl sites for hydroxylation is 1. The van der Waals surface area contributed by atoms with Crippen LogP contribution in [-0.2, 0) is 18.6 Å². The quantitative estimate of drug-likeness (QED) is 0.677. The molecule has 1 atom stereocenters. The van der Waals surface area contributed by atoms with Crippen LogP contribution in [0.2, 0.25) is 0 Å². The second-order valence-electron chi connectivity index (χ2n) is 6.86. The first kappa shape index (κ1) is 16.6. The molecule has 0 fully saturated rings. The van der Waals surface area contributed by atoms with Crippen molar-refractivity contribution in [3.05, 3.63) is 83.4 Å². The van der Waals surface area contributed by atoms with E-state index in [1.807, 2.05) is 48.5 Å². The third kappa shape index (κ3) is 3.16. The molecular formula is C22H22N2O2. The van der Waals surface area contributed by atoms with Crippen LogP contribution in [0.3, 0.4) is 0 Å². The summed E-state index contributed by atoms with van der Waals surface area (Å²) in [5.74, 6) is 0. The summed E-state index contributed by atoms with van der Waals surface area (Å²) in [6.45, 7) is 0.660. The van der Waals surface area contributed by atoms with Crippen molar-refractivity contribution in [2.45, 2.75) is 25.0 Å². The van der Waals surface area contributed by atoms with Gasteiger partial charge in [0.05, 0.1) is 6.54 Å². The molecule has 26 heavy (non-hydrogen) atoms. The van der Waals surface area contributed by atoms with Crippen LogP contribution in [0.15, 0.2) is 66.7 Å². The molecule has 4 rings (SSSR count). The molecule has 3 N–H and O–H groups in total. The maximum Gasteiger partial charge on any atom is 0.315 e. The molecule has 4 heteroatoms. The summed E-state index contributed by atoms with van der Waals surface area (Å²) in [5, 5.41) is 18.9. The fourth-order valence-corrected chi connectivity index (χ4v) is 3.76. The predicted octanol–water partition coefficient (Wildman–Crippen LogP) is 3.47. The Bertz CT molecular complexity index is 948. The molecule has 0 bridgehead atoms. The van der Waals surface area contributed by atoms with Crippen molar-refractivity contribution in [2.24, 2.45) is 0 Å². The molecule has 0 saturated carbocycles. The van der Waals surface area contributed by atoms with Gasteiger partial charge >= 0.3 is 6.03 Å². The monoisotopic (exact) mass is 346 g/mol. The first-order valence-electron chi connectivity index (χ1n) is 8.95. The largest absolute Gasteiger partial charge is 0.383 e. The van der Waals surface area contributed by atoms with Gasteiger partial charge in [-0.05, 0) is 40.3 Å². The van der Waals surface area contributed by atoms with Gasteiger partial charge in [0.25, 0.3) is 0 Å². The highest BCUT2D eigenvalue weighted by Gasteiger charge is 2.36.